The molecule has 0 saturated carbocycles. The van der Waals surface area contributed by atoms with Crippen LogP contribution in [-0.4, -0.2) is 22.1 Å². The third-order valence-electron chi connectivity index (χ3n) is 3.08. The zero-order valence-electron chi connectivity index (χ0n) is 12.2. The Hall–Kier alpha value is -1.85. The lowest BCUT2D eigenvalue weighted by atomic mass is 10.2. The molecule has 0 fully saturated rings. The smallest absolute Gasteiger partial charge is 0.272 e. The van der Waals surface area contributed by atoms with Gasteiger partial charge >= 0.3 is 0 Å². The number of aromatic nitrogens is 2. The number of halogens is 2. The van der Waals surface area contributed by atoms with Gasteiger partial charge in [0.1, 0.15) is 0 Å². The molecule has 5 nitrogen and oxygen atoms in total. The highest BCUT2D eigenvalue weighted by Gasteiger charge is 2.10. The number of nitrogens with one attached hydrogen (secondary N) is 2. The van der Waals surface area contributed by atoms with Gasteiger partial charge in [-0.05, 0) is 43.7 Å². The summed E-state index contributed by atoms with van der Waals surface area (Å²) in [5.41, 5.74) is 1.01. The van der Waals surface area contributed by atoms with Gasteiger partial charge in [0.05, 0.1) is 10.0 Å². The quantitative estimate of drug-likeness (QED) is 0.862. The molecule has 1 unspecified atom stereocenters. The van der Waals surface area contributed by atoms with E-state index in [-0.39, 0.29) is 17.6 Å². The van der Waals surface area contributed by atoms with E-state index >= 15 is 0 Å². The van der Waals surface area contributed by atoms with Crippen LogP contribution in [0.1, 0.15) is 30.8 Å². The van der Waals surface area contributed by atoms with E-state index in [4.69, 9.17) is 23.2 Å². The van der Waals surface area contributed by atoms with Gasteiger partial charge in [0.25, 0.3) is 5.91 Å². The number of nitrogens with zero attached hydrogens (tertiary/aromatic N) is 2. The molecule has 2 rings (SSSR count). The minimum atomic E-state index is -0.233. The second kappa shape index (κ2) is 7.42. The molecule has 7 heteroatoms. The summed E-state index contributed by atoms with van der Waals surface area (Å²) in [5, 5.41) is 14.7. The largest absolute Gasteiger partial charge is 0.348 e. The zero-order valence-corrected chi connectivity index (χ0v) is 13.7. The van der Waals surface area contributed by atoms with Gasteiger partial charge in [0.15, 0.2) is 11.5 Å². The van der Waals surface area contributed by atoms with Crippen LogP contribution in [0, 0.1) is 0 Å². The first kappa shape index (κ1) is 16.5. The lowest BCUT2D eigenvalue weighted by Crippen LogP contribution is -2.32. The van der Waals surface area contributed by atoms with Gasteiger partial charge in [-0.1, -0.05) is 30.1 Å². The molecule has 0 bridgehead atoms. The van der Waals surface area contributed by atoms with E-state index in [1.54, 1.807) is 30.3 Å². The molecule has 1 aromatic heterocycles. The first-order chi connectivity index (χ1) is 10.5. The average molecular weight is 339 g/mol. The molecule has 1 heterocycles. The summed E-state index contributed by atoms with van der Waals surface area (Å²) >= 11 is 11.8. The van der Waals surface area contributed by atoms with Crippen LogP contribution in [0.15, 0.2) is 30.3 Å². The minimum absolute atomic E-state index is 0.100. The predicted molar refractivity (Wildman–Crippen MR) is 89.0 cm³/mol. The summed E-state index contributed by atoms with van der Waals surface area (Å²) in [6.07, 6.45) is 0.857. The van der Waals surface area contributed by atoms with Gasteiger partial charge in [-0.3, -0.25) is 4.79 Å². The maximum atomic E-state index is 11.9. The highest BCUT2D eigenvalue weighted by atomic mass is 35.5. The van der Waals surface area contributed by atoms with Crippen LogP contribution < -0.4 is 10.6 Å². The molecule has 2 N–H and O–H groups in total. The fourth-order valence-electron chi connectivity index (χ4n) is 1.64. The van der Waals surface area contributed by atoms with Crippen molar-refractivity contribution in [2.75, 3.05) is 5.32 Å². The third-order valence-corrected chi connectivity index (χ3v) is 3.82. The van der Waals surface area contributed by atoms with Gasteiger partial charge in [0.2, 0.25) is 0 Å². The van der Waals surface area contributed by atoms with Crippen LogP contribution >= 0.6 is 23.2 Å². The molecule has 0 aliphatic heterocycles. The molecule has 0 saturated heterocycles. The lowest BCUT2D eigenvalue weighted by Gasteiger charge is -2.11. The Morgan fingerprint density at radius 1 is 1.18 bits per heavy atom. The summed E-state index contributed by atoms with van der Waals surface area (Å²) in [6.45, 7) is 3.94. The highest BCUT2D eigenvalue weighted by Crippen LogP contribution is 2.26. The predicted octanol–water partition coefficient (Wildman–Crippen LogP) is 4.06. The number of carbonyl (C=O) groups is 1. The van der Waals surface area contributed by atoms with Crippen molar-refractivity contribution in [3.63, 3.8) is 0 Å². The Labute approximate surface area is 139 Å². The van der Waals surface area contributed by atoms with E-state index in [1.165, 1.54) is 0 Å². The van der Waals surface area contributed by atoms with Crippen LogP contribution in [-0.2, 0) is 0 Å². The molecule has 0 radical (unpaired) electrons. The van der Waals surface area contributed by atoms with Gasteiger partial charge in [-0.25, -0.2) is 0 Å². The first-order valence-electron chi connectivity index (χ1n) is 6.86. The summed E-state index contributed by atoms with van der Waals surface area (Å²) in [4.78, 5) is 11.9. The Morgan fingerprint density at radius 2 is 1.95 bits per heavy atom. The van der Waals surface area contributed by atoms with Crippen molar-refractivity contribution >= 4 is 40.6 Å². The molecule has 22 heavy (non-hydrogen) atoms. The van der Waals surface area contributed by atoms with Crippen molar-refractivity contribution in [1.82, 2.24) is 15.5 Å². The molecule has 0 aliphatic carbocycles. The fraction of sp³-hybridized carbons (Fsp3) is 0.267. The molecule has 1 atom stereocenters. The summed E-state index contributed by atoms with van der Waals surface area (Å²) < 4.78 is 0. The number of amides is 1. The Balaban J connectivity index is 2.05. The molecule has 2 aromatic rings. The van der Waals surface area contributed by atoms with Crippen molar-refractivity contribution in [1.29, 1.82) is 0 Å². The van der Waals surface area contributed by atoms with Crippen molar-refractivity contribution in [2.45, 2.75) is 26.3 Å². The molecule has 1 aromatic carbocycles. The Kier molecular flexibility index (Phi) is 5.57. The van der Waals surface area contributed by atoms with Crippen molar-refractivity contribution in [3.05, 3.63) is 46.1 Å². The molecule has 116 valence electrons. The van der Waals surface area contributed by atoms with E-state index in [0.29, 0.717) is 15.9 Å². The highest BCUT2D eigenvalue weighted by molar-refractivity contribution is 6.42. The second-order valence-electron chi connectivity index (χ2n) is 4.84. The normalized spacial score (nSPS) is 11.8. The van der Waals surface area contributed by atoms with E-state index in [1.807, 2.05) is 13.8 Å². The number of rotatable bonds is 5. The summed E-state index contributed by atoms with van der Waals surface area (Å²) in [5.74, 6) is 0.279. The molecular formula is C15H16Cl2N4O. The molecule has 1 amide bonds. The average Bonchev–Trinajstić information content (AvgIpc) is 2.51. The van der Waals surface area contributed by atoms with Crippen LogP contribution in [0.2, 0.25) is 10.0 Å². The monoisotopic (exact) mass is 338 g/mol. The molecule has 0 spiro atoms. The lowest BCUT2D eigenvalue weighted by molar-refractivity contribution is 0.0933. The molecular weight excluding hydrogens is 323 g/mol. The van der Waals surface area contributed by atoms with Gasteiger partial charge in [0, 0.05) is 11.7 Å². The van der Waals surface area contributed by atoms with Crippen LogP contribution in [0.3, 0.4) is 0 Å². The van der Waals surface area contributed by atoms with E-state index in [0.717, 1.165) is 12.1 Å². The summed E-state index contributed by atoms with van der Waals surface area (Å²) in [7, 11) is 0. The van der Waals surface area contributed by atoms with Crippen LogP contribution in [0.25, 0.3) is 0 Å². The van der Waals surface area contributed by atoms with Crippen molar-refractivity contribution in [3.8, 4) is 0 Å². The summed E-state index contributed by atoms with van der Waals surface area (Å²) in [6, 6.07) is 8.55. The zero-order chi connectivity index (χ0) is 16.1. The number of anilines is 2. The van der Waals surface area contributed by atoms with Crippen LogP contribution in [0.5, 0.6) is 0 Å². The number of hydrogen-bond donors (Lipinski definition) is 2. The standard InChI is InChI=1S/C15H16Cl2N4O/c1-3-9(2)18-15(22)13-6-7-14(21-20-13)19-10-4-5-11(16)12(17)8-10/h4-9H,3H2,1-2H3,(H,18,22)(H,19,21). The van der Waals surface area contributed by atoms with Gasteiger partial charge in [-0.2, -0.15) is 0 Å². The third kappa shape index (κ3) is 4.32. The van der Waals surface area contributed by atoms with E-state index in [9.17, 15) is 4.79 Å². The minimum Gasteiger partial charge on any atom is -0.348 e. The van der Waals surface area contributed by atoms with Crippen molar-refractivity contribution in [2.24, 2.45) is 0 Å². The van der Waals surface area contributed by atoms with Crippen LogP contribution in [0.4, 0.5) is 11.5 Å². The van der Waals surface area contributed by atoms with E-state index in [2.05, 4.69) is 20.8 Å². The SMILES string of the molecule is CCC(C)NC(=O)c1ccc(Nc2ccc(Cl)c(Cl)c2)nn1. The Bertz CT molecular complexity index is 661. The number of hydrogen-bond acceptors (Lipinski definition) is 4. The topological polar surface area (TPSA) is 66.9 Å². The maximum Gasteiger partial charge on any atom is 0.272 e. The second-order valence-corrected chi connectivity index (χ2v) is 5.65. The maximum absolute atomic E-state index is 11.9. The van der Waals surface area contributed by atoms with E-state index < -0.39 is 0 Å². The number of carbonyl (C=O) groups excluding carboxylic acids is 1. The Morgan fingerprint density at radius 3 is 2.55 bits per heavy atom. The molecule has 0 aliphatic rings. The van der Waals surface area contributed by atoms with Gasteiger partial charge in [-0.15, -0.1) is 10.2 Å². The van der Waals surface area contributed by atoms with Gasteiger partial charge < -0.3 is 10.6 Å². The van der Waals surface area contributed by atoms with Crippen molar-refractivity contribution < 1.29 is 4.79 Å². The number of benzene rings is 1. The fourth-order valence-corrected chi connectivity index (χ4v) is 1.94. The first-order valence-corrected chi connectivity index (χ1v) is 7.62.